The van der Waals surface area contributed by atoms with Crippen LogP contribution < -0.4 is 10.2 Å². The van der Waals surface area contributed by atoms with Gasteiger partial charge in [0.05, 0.1) is 18.7 Å². The number of carbonyl (C=O) groups is 2. The summed E-state index contributed by atoms with van der Waals surface area (Å²) in [7, 11) is 0. The zero-order valence-electron chi connectivity index (χ0n) is 9.50. The Hall–Kier alpha value is -1.94. The number of hydrogen-bond donors (Lipinski definition) is 1. The highest BCUT2D eigenvalue weighted by Gasteiger charge is 2.41. The summed E-state index contributed by atoms with van der Waals surface area (Å²) in [6.45, 7) is 4.25. The van der Waals surface area contributed by atoms with E-state index in [0.29, 0.717) is 12.2 Å². The maximum absolute atomic E-state index is 12.1. The van der Waals surface area contributed by atoms with Gasteiger partial charge < -0.3 is 5.32 Å². The molecule has 17 heavy (non-hydrogen) atoms. The first-order valence-corrected chi connectivity index (χ1v) is 5.60. The Kier molecular flexibility index (Phi) is 3.35. The van der Waals surface area contributed by atoms with Gasteiger partial charge in [-0.05, 0) is 18.2 Å². The molecule has 88 valence electrons. The minimum absolute atomic E-state index is 0.133. The lowest BCUT2D eigenvalue weighted by Crippen LogP contribution is -2.91. The van der Waals surface area contributed by atoms with Gasteiger partial charge in [-0.15, -0.1) is 0 Å². The molecule has 0 aliphatic carbocycles. The van der Waals surface area contributed by atoms with Crippen LogP contribution in [0.3, 0.4) is 0 Å². The Labute approximate surface area is 99.9 Å². The standard InChI is InChI=1S/C13H14N2O2/c1-2-8-14-11-9-12(16)15(13(11)17)10-6-4-3-5-7-10/h2-7,11,14H,1,8-9H2/p+1/t11-/m1/s1. The van der Waals surface area contributed by atoms with Crippen LogP contribution in [0.25, 0.3) is 0 Å². The fourth-order valence-corrected chi connectivity index (χ4v) is 1.95. The van der Waals surface area contributed by atoms with Gasteiger partial charge in [0.25, 0.3) is 5.91 Å². The van der Waals surface area contributed by atoms with Crippen molar-refractivity contribution in [3.05, 3.63) is 43.0 Å². The Bertz CT molecular complexity index is 442. The van der Waals surface area contributed by atoms with Crippen LogP contribution in [0, 0.1) is 0 Å². The first-order valence-electron chi connectivity index (χ1n) is 5.60. The molecule has 4 nitrogen and oxygen atoms in total. The van der Waals surface area contributed by atoms with Crippen LogP contribution in [0.4, 0.5) is 5.69 Å². The number of imide groups is 1. The second-order valence-electron chi connectivity index (χ2n) is 3.97. The number of nitrogens with two attached hydrogens (primary N) is 1. The van der Waals surface area contributed by atoms with E-state index in [1.807, 2.05) is 23.5 Å². The van der Waals surface area contributed by atoms with E-state index in [2.05, 4.69) is 6.58 Å². The SMILES string of the molecule is C=CC[NH2+][C@@H]1CC(=O)N(c2ccccc2)C1=O. The van der Waals surface area contributed by atoms with Crippen LogP contribution in [-0.2, 0) is 9.59 Å². The van der Waals surface area contributed by atoms with Crippen LogP contribution >= 0.6 is 0 Å². The fraction of sp³-hybridized carbons (Fsp3) is 0.231. The third kappa shape index (κ3) is 2.26. The summed E-state index contributed by atoms with van der Waals surface area (Å²) in [6.07, 6.45) is 1.99. The van der Waals surface area contributed by atoms with Crippen molar-refractivity contribution in [1.82, 2.24) is 0 Å². The van der Waals surface area contributed by atoms with E-state index in [-0.39, 0.29) is 24.3 Å². The van der Waals surface area contributed by atoms with E-state index in [4.69, 9.17) is 0 Å². The molecule has 1 aliphatic heterocycles. The predicted octanol–water partition coefficient (Wildman–Crippen LogP) is 0.0679. The van der Waals surface area contributed by atoms with Crippen molar-refractivity contribution in [3.63, 3.8) is 0 Å². The number of quaternary nitrogens is 1. The first-order chi connectivity index (χ1) is 8.24. The van der Waals surface area contributed by atoms with Gasteiger partial charge in [0.1, 0.15) is 0 Å². The lowest BCUT2D eigenvalue weighted by molar-refractivity contribution is -0.666. The van der Waals surface area contributed by atoms with Crippen LogP contribution in [0.15, 0.2) is 43.0 Å². The van der Waals surface area contributed by atoms with Crippen molar-refractivity contribution in [3.8, 4) is 0 Å². The number of para-hydroxylation sites is 1. The van der Waals surface area contributed by atoms with Gasteiger partial charge in [0.2, 0.25) is 5.91 Å². The molecule has 1 aromatic carbocycles. The predicted molar refractivity (Wildman–Crippen MR) is 64.3 cm³/mol. The average molecular weight is 231 g/mol. The smallest absolute Gasteiger partial charge is 0.292 e. The van der Waals surface area contributed by atoms with Crippen LogP contribution in [-0.4, -0.2) is 24.4 Å². The molecule has 1 saturated heterocycles. The molecule has 0 bridgehead atoms. The number of rotatable bonds is 4. The molecule has 0 aromatic heterocycles. The summed E-state index contributed by atoms with van der Waals surface area (Å²) < 4.78 is 0. The van der Waals surface area contributed by atoms with Crippen molar-refractivity contribution >= 4 is 17.5 Å². The number of hydrogen-bond acceptors (Lipinski definition) is 2. The second-order valence-corrected chi connectivity index (χ2v) is 3.97. The van der Waals surface area contributed by atoms with Gasteiger partial charge in [-0.3, -0.25) is 9.59 Å². The largest absolute Gasteiger partial charge is 0.332 e. The molecule has 2 N–H and O–H groups in total. The van der Waals surface area contributed by atoms with Crippen LogP contribution in [0.2, 0.25) is 0 Å². The minimum atomic E-state index is -0.305. The monoisotopic (exact) mass is 231 g/mol. The highest BCUT2D eigenvalue weighted by Crippen LogP contribution is 2.20. The van der Waals surface area contributed by atoms with Crippen molar-refractivity contribution < 1.29 is 14.9 Å². The summed E-state index contributed by atoms with van der Waals surface area (Å²) in [6, 6.07) is 8.72. The van der Waals surface area contributed by atoms with Crippen molar-refractivity contribution in [2.75, 3.05) is 11.4 Å². The van der Waals surface area contributed by atoms with Gasteiger partial charge in [0, 0.05) is 0 Å². The molecule has 1 aromatic rings. The Morgan fingerprint density at radius 2 is 2.06 bits per heavy atom. The average Bonchev–Trinajstić information content (AvgIpc) is 2.63. The summed E-state index contributed by atoms with van der Waals surface area (Å²) in [5.41, 5.74) is 0.650. The zero-order chi connectivity index (χ0) is 12.3. The molecule has 1 heterocycles. The number of anilines is 1. The molecule has 2 amide bonds. The first kappa shape index (κ1) is 11.5. The maximum atomic E-state index is 12.1. The summed E-state index contributed by atoms with van der Waals surface area (Å²) in [4.78, 5) is 25.1. The third-order valence-corrected chi connectivity index (χ3v) is 2.78. The quantitative estimate of drug-likeness (QED) is 0.589. The number of benzene rings is 1. The molecule has 1 atom stereocenters. The van der Waals surface area contributed by atoms with Gasteiger partial charge in [-0.1, -0.05) is 24.8 Å². The molecular weight excluding hydrogens is 216 g/mol. The third-order valence-electron chi connectivity index (χ3n) is 2.78. The van der Waals surface area contributed by atoms with Crippen LogP contribution in [0.1, 0.15) is 6.42 Å². The van der Waals surface area contributed by atoms with Crippen molar-refractivity contribution in [2.45, 2.75) is 12.5 Å². The highest BCUT2D eigenvalue weighted by molar-refractivity contribution is 6.21. The molecule has 2 rings (SSSR count). The van der Waals surface area contributed by atoms with E-state index < -0.39 is 0 Å². The van der Waals surface area contributed by atoms with E-state index in [9.17, 15) is 9.59 Å². The highest BCUT2D eigenvalue weighted by atomic mass is 16.2. The second kappa shape index (κ2) is 4.93. The molecule has 0 unspecified atom stereocenters. The summed E-state index contributed by atoms with van der Waals surface area (Å²) in [5, 5.41) is 1.84. The van der Waals surface area contributed by atoms with E-state index in [1.165, 1.54) is 4.90 Å². The summed E-state index contributed by atoms with van der Waals surface area (Å²) in [5.74, 6) is -0.269. The van der Waals surface area contributed by atoms with Gasteiger partial charge in [-0.25, -0.2) is 4.90 Å². The molecule has 0 radical (unpaired) electrons. The number of amides is 2. The van der Waals surface area contributed by atoms with Crippen LogP contribution in [0.5, 0.6) is 0 Å². The molecular formula is C13H15N2O2+. The normalized spacial score (nSPS) is 19.8. The molecule has 1 aliphatic rings. The number of carbonyl (C=O) groups excluding carboxylic acids is 2. The van der Waals surface area contributed by atoms with Gasteiger partial charge in [0.15, 0.2) is 6.04 Å². The Morgan fingerprint density at radius 1 is 1.35 bits per heavy atom. The molecule has 0 spiro atoms. The lowest BCUT2D eigenvalue weighted by atomic mass is 10.2. The Balaban J connectivity index is 2.17. The molecule has 0 saturated carbocycles. The fourth-order valence-electron chi connectivity index (χ4n) is 1.95. The molecule has 1 fully saturated rings. The Morgan fingerprint density at radius 3 is 2.71 bits per heavy atom. The van der Waals surface area contributed by atoms with Crippen molar-refractivity contribution in [1.29, 1.82) is 0 Å². The van der Waals surface area contributed by atoms with E-state index in [0.717, 1.165) is 0 Å². The lowest BCUT2D eigenvalue weighted by Gasteiger charge is -2.13. The topological polar surface area (TPSA) is 54.0 Å². The van der Waals surface area contributed by atoms with Gasteiger partial charge in [-0.2, -0.15) is 0 Å². The molecule has 4 heteroatoms. The van der Waals surface area contributed by atoms with Gasteiger partial charge >= 0.3 is 0 Å². The zero-order valence-corrected chi connectivity index (χ0v) is 9.50. The van der Waals surface area contributed by atoms with E-state index in [1.54, 1.807) is 18.2 Å². The minimum Gasteiger partial charge on any atom is -0.332 e. The maximum Gasteiger partial charge on any atom is 0.292 e. The number of nitrogens with zero attached hydrogens (tertiary/aromatic N) is 1. The summed E-state index contributed by atoms with van der Waals surface area (Å²) >= 11 is 0. The van der Waals surface area contributed by atoms with E-state index >= 15 is 0 Å². The van der Waals surface area contributed by atoms with Crippen molar-refractivity contribution in [2.24, 2.45) is 0 Å².